The van der Waals surface area contributed by atoms with Crippen molar-refractivity contribution in [3.05, 3.63) is 34.7 Å². The predicted molar refractivity (Wildman–Crippen MR) is 62.9 cm³/mol. The number of aromatic nitrogens is 2. The van der Waals surface area contributed by atoms with Crippen molar-refractivity contribution in [2.24, 2.45) is 0 Å². The number of rotatable bonds is 2. The average Bonchev–Trinajstić information content (AvgIpc) is 2.71. The fourth-order valence-electron chi connectivity index (χ4n) is 1.63. The normalized spacial score (nSPS) is 10.4. The Morgan fingerprint density at radius 2 is 1.83 bits per heavy atom. The van der Waals surface area contributed by atoms with Gasteiger partial charge < -0.3 is 9.47 Å². The predicted octanol–water partition coefficient (Wildman–Crippen LogP) is 1.56. The highest BCUT2D eigenvalue weighted by Crippen LogP contribution is 2.27. The van der Waals surface area contributed by atoms with Crippen molar-refractivity contribution >= 4 is 29.2 Å². The Labute approximate surface area is 107 Å². The maximum Gasteiger partial charge on any atom is 0.342 e. The lowest BCUT2D eigenvalue weighted by molar-refractivity contribution is 0.0558. The molecule has 0 bridgehead atoms. The smallest absolute Gasteiger partial charge is 0.342 e. The minimum Gasteiger partial charge on any atom is -0.465 e. The van der Waals surface area contributed by atoms with Gasteiger partial charge in [-0.05, 0) is 6.07 Å². The fourth-order valence-corrected chi connectivity index (χ4v) is 1.94. The summed E-state index contributed by atoms with van der Waals surface area (Å²) in [5, 5.41) is 0.0605. The Balaban J connectivity index is 2.85. The molecule has 0 aliphatic heterocycles. The molecule has 7 heteroatoms. The molecule has 0 fully saturated rings. The van der Waals surface area contributed by atoms with Crippen molar-refractivity contribution in [3.63, 3.8) is 0 Å². The van der Waals surface area contributed by atoms with E-state index >= 15 is 0 Å². The molecule has 0 atom stereocenters. The molecule has 6 nitrogen and oxygen atoms in total. The molecule has 18 heavy (non-hydrogen) atoms. The molecule has 0 unspecified atom stereocenters. The molecule has 94 valence electrons. The second kappa shape index (κ2) is 4.66. The maximum atomic E-state index is 11.7. The highest BCUT2D eigenvalue weighted by atomic mass is 35.5. The van der Waals surface area contributed by atoms with Crippen LogP contribution in [-0.2, 0) is 9.47 Å². The van der Waals surface area contributed by atoms with Crippen molar-refractivity contribution in [1.82, 2.24) is 9.38 Å². The van der Waals surface area contributed by atoms with Crippen LogP contribution in [0.4, 0.5) is 0 Å². The van der Waals surface area contributed by atoms with Gasteiger partial charge in [0.1, 0.15) is 16.3 Å². The quantitative estimate of drug-likeness (QED) is 0.773. The monoisotopic (exact) mass is 268 g/mol. The van der Waals surface area contributed by atoms with Crippen LogP contribution >= 0.6 is 11.6 Å². The van der Waals surface area contributed by atoms with Crippen molar-refractivity contribution in [2.45, 2.75) is 0 Å². The molecule has 0 saturated carbocycles. The highest BCUT2D eigenvalue weighted by molar-refractivity contribution is 6.34. The van der Waals surface area contributed by atoms with E-state index in [-0.39, 0.29) is 21.9 Å². The number of fused-ring (bicyclic) bond motifs is 1. The van der Waals surface area contributed by atoms with Crippen LogP contribution in [0.3, 0.4) is 0 Å². The van der Waals surface area contributed by atoms with Crippen molar-refractivity contribution < 1.29 is 19.1 Å². The molecule has 0 radical (unpaired) electrons. The number of carbonyl (C=O) groups is 2. The summed E-state index contributed by atoms with van der Waals surface area (Å²) in [5.74, 6) is -1.41. The van der Waals surface area contributed by atoms with Gasteiger partial charge in [-0.2, -0.15) is 0 Å². The number of ether oxygens (including phenoxy) is 2. The zero-order chi connectivity index (χ0) is 13.3. The number of nitrogens with zero attached hydrogens (tertiary/aromatic N) is 2. The van der Waals surface area contributed by atoms with Gasteiger partial charge in [0.05, 0.1) is 14.2 Å². The highest BCUT2D eigenvalue weighted by Gasteiger charge is 2.29. The number of methoxy groups -OCH3 is 2. The van der Waals surface area contributed by atoms with Gasteiger partial charge in [0.15, 0.2) is 5.65 Å². The van der Waals surface area contributed by atoms with Gasteiger partial charge in [0.2, 0.25) is 0 Å². The molecule has 2 aromatic heterocycles. The van der Waals surface area contributed by atoms with E-state index in [1.807, 2.05) is 0 Å². The van der Waals surface area contributed by atoms with Gasteiger partial charge >= 0.3 is 11.9 Å². The SMILES string of the molecule is COC(=O)c1c(C(=O)OC)c2ncccn2c1Cl. The lowest BCUT2D eigenvalue weighted by atomic mass is 10.2. The largest absolute Gasteiger partial charge is 0.465 e. The molecule has 0 aliphatic carbocycles. The van der Waals surface area contributed by atoms with Crippen LogP contribution in [0.5, 0.6) is 0 Å². The second-order valence-electron chi connectivity index (χ2n) is 3.34. The summed E-state index contributed by atoms with van der Waals surface area (Å²) in [7, 11) is 2.42. The molecule has 0 amide bonds. The third-order valence-electron chi connectivity index (χ3n) is 2.42. The maximum absolute atomic E-state index is 11.7. The van der Waals surface area contributed by atoms with Crippen LogP contribution in [0, 0.1) is 0 Å². The lowest BCUT2D eigenvalue weighted by Gasteiger charge is -2.00. The third-order valence-corrected chi connectivity index (χ3v) is 2.79. The first kappa shape index (κ1) is 12.4. The van der Waals surface area contributed by atoms with Crippen molar-refractivity contribution in [2.75, 3.05) is 14.2 Å². The minimum atomic E-state index is -0.717. The van der Waals surface area contributed by atoms with E-state index in [4.69, 9.17) is 11.6 Å². The first-order valence-electron chi connectivity index (χ1n) is 4.93. The van der Waals surface area contributed by atoms with Crippen LogP contribution in [0.1, 0.15) is 20.7 Å². The summed E-state index contributed by atoms with van der Waals surface area (Å²) in [6, 6.07) is 1.63. The summed E-state index contributed by atoms with van der Waals surface area (Å²) in [6.07, 6.45) is 3.07. The van der Waals surface area contributed by atoms with E-state index < -0.39 is 11.9 Å². The van der Waals surface area contributed by atoms with Crippen LogP contribution < -0.4 is 0 Å². The van der Waals surface area contributed by atoms with Crippen LogP contribution in [0.25, 0.3) is 5.65 Å². The third kappa shape index (κ3) is 1.70. The average molecular weight is 269 g/mol. The van der Waals surface area contributed by atoms with Crippen LogP contribution in [-0.4, -0.2) is 35.5 Å². The van der Waals surface area contributed by atoms with Gasteiger partial charge in [-0.3, -0.25) is 4.40 Å². The van der Waals surface area contributed by atoms with Gasteiger partial charge in [-0.1, -0.05) is 11.6 Å². The van der Waals surface area contributed by atoms with Crippen molar-refractivity contribution in [3.8, 4) is 0 Å². The van der Waals surface area contributed by atoms with Gasteiger partial charge in [0, 0.05) is 12.4 Å². The Bertz CT molecular complexity index is 635. The summed E-state index contributed by atoms with van der Waals surface area (Å²) in [4.78, 5) is 27.4. The van der Waals surface area contributed by atoms with E-state index in [1.165, 1.54) is 24.8 Å². The van der Waals surface area contributed by atoms with E-state index in [2.05, 4.69) is 14.5 Å². The molecule has 2 heterocycles. The molecule has 0 aromatic carbocycles. The molecule has 2 rings (SSSR count). The standard InChI is InChI=1S/C11H9ClN2O4/c1-17-10(15)6-7(11(16)18-2)9-13-4-3-5-14(9)8(6)12/h3-5H,1-2H3. The molecular weight excluding hydrogens is 260 g/mol. The number of carbonyl (C=O) groups excluding carboxylic acids is 2. The van der Waals surface area contributed by atoms with Crippen LogP contribution in [0.15, 0.2) is 18.5 Å². The van der Waals surface area contributed by atoms with E-state index in [0.29, 0.717) is 0 Å². The first-order valence-corrected chi connectivity index (χ1v) is 5.30. The molecular formula is C11H9ClN2O4. The number of hydrogen-bond donors (Lipinski definition) is 0. The Morgan fingerprint density at radius 1 is 1.22 bits per heavy atom. The fraction of sp³-hybridized carbons (Fsp3) is 0.182. The van der Waals surface area contributed by atoms with Gasteiger partial charge in [-0.25, -0.2) is 14.6 Å². The number of esters is 2. The Kier molecular flexibility index (Phi) is 3.20. The lowest BCUT2D eigenvalue weighted by Crippen LogP contribution is -2.10. The Morgan fingerprint density at radius 3 is 2.44 bits per heavy atom. The molecule has 0 spiro atoms. The number of hydrogen-bond acceptors (Lipinski definition) is 5. The van der Waals surface area contributed by atoms with Crippen molar-refractivity contribution in [1.29, 1.82) is 0 Å². The van der Waals surface area contributed by atoms with Gasteiger partial charge in [-0.15, -0.1) is 0 Å². The topological polar surface area (TPSA) is 69.9 Å². The summed E-state index contributed by atoms with van der Waals surface area (Å²) < 4.78 is 10.7. The zero-order valence-electron chi connectivity index (χ0n) is 9.64. The molecule has 0 aliphatic rings. The molecule has 0 N–H and O–H groups in total. The van der Waals surface area contributed by atoms with E-state index in [1.54, 1.807) is 12.3 Å². The minimum absolute atomic E-state index is 0.00468. The zero-order valence-corrected chi connectivity index (χ0v) is 10.4. The summed E-state index contributed by atoms with van der Waals surface area (Å²) in [5.41, 5.74) is 0.189. The van der Waals surface area contributed by atoms with E-state index in [0.717, 1.165) is 0 Å². The summed E-state index contributed by atoms with van der Waals surface area (Å²) in [6.45, 7) is 0. The Hall–Kier alpha value is -2.08. The number of halogens is 1. The van der Waals surface area contributed by atoms with Crippen LogP contribution in [0.2, 0.25) is 5.15 Å². The van der Waals surface area contributed by atoms with Gasteiger partial charge in [0.25, 0.3) is 0 Å². The van der Waals surface area contributed by atoms with E-state index in [9.17, 15) is 9.59 Å². The summed E-state index contributed by atoms with van der Waals surface area (Å²) >= 11 is 6.05. The molecule has 0 saturated heterocycles. The second-order valence-corrected chi connectivity index (χ2v) is 3.70. The molecule has 2 aromatic rings. The first-order chi connectivity index (χ1) is 8.61.